The van der Waals surface area contributed by atoms with Crippen LogP contribution in [-0.2, 0) is 17.9 Å². The van der Waals surface area contributed by atoms with Crippen molar-refractivity contribution in [2.75, 3.05) is 26.7 Å². The lowest BCUT2D eigenvalue weighted by Gasteiger charge is -2.26. The molecule has 0 saturated carbocycles. The Hall–Kier alpha value is -2.08. The Bertz CT molecular complexity index is 591. The van der Waals surface area contributed by atoms with Gasteiger partial charge >= 0.3 is 0 Å². The molecule has 1 amide bonds. The molecule has 1 heterocycles. The fourth-order valence-electron chi connectivity index (χ4n) is 3.23. The second-order valence-corrected chi connectivity index (χ2v) is 7.48. The lowest BCUT2D eigenvalue weighted by molar-refractivity contribution is -0.121. The van der Waals surface area contributed by atoms with Gasteiger partial charge in [-0.05, 0) is 50.9 Å². The van der Waals surface area contributed by atoms with Crippen LogP contribution in [-0.4, -0.2) is 49.5 Å². The molecule has 1 aromatic rings. The van der Waals surface area contributed by atoms with Crippen molar-refractivity contribution in [2.24, 2.45) is 4.99 Å². The van der Waals surface area contributed by atoms with Crippen LogP contribution >= 0.6 is 0 Å². The van der Waals surface area contributed by atoms with E-state index in [9.17, 15) is 4.79 Å². The maximum absolute atomic E-state index is 11.7. The van der Waals surface area contributed by atoms with Gasteiger partial charge in [-0.15, -0.1) is 0 Å². The van der Waals surface area contributed by atoms with Gasteiger partial charge in [0.25, 0.3) is 0 Å². The zero-order valence-electron chi connectivity index (χ0n) is 17.1. The van der Waals surface area contributed by atoms with E-state index in [0.29, 0.717) is 25.5 Å². The third kappa shape index (κ3) is 8.43. The molecule has 6 nitrogen and oxygen atoms in total. The van der Waals surface area contributed by atoms with E-state index in [1.165, 1.54) is 43.5 Å². The number of benzene rings is 1. The lowest BCUT2D eigenvalue weighted by Crippen LogP contribution is -2.39. The number of likely N-dealkylation sites (tertiary alicyclic amines) is 1. The van der Waals surface area contributed by atoms with Crippen molar-refractivity contribution in [2.45, 2.75) is 58.7 Å². The van der Waals surface area contributed by atoms with Crippen molar-refractivity contribution in [1.82, 2.24) is 20.9 Å². The highest BCUT2D eigenvalue weighted by Gasteiger charge is 2.10. The number of carbonyl (C=O) groups is 1. The van der Waals surface area contributed by atoms with Crippen molar-refractivity contribution in [3.8, 4) is 0 Å². The van der Waals surface area contributed by atoms with E-state index in [-0.39, 0.29) is 11.9 Å². The second-order valence-electron chi connectivity index (χ2n) is 7.48. The van der Waals surface area contributed by atoms with Gasteiger partial charge in [-0.25, -0.2) is 0 Å². The van der Waals surface area contributed by atoms with E-state index in [1.807, 2.05) is 13.8 Å². The predicted molar refractivity (Wildman–Crippen MR) is 112 cm³/mol. The van der Waals surface area contributed by atoms with Gasteiger partial charge in [0.2, 0.25) is 5.91 Å². The second kappa shape index (κ2) is 11.6. The van der Waals surface area contributed by atoms with Crippen LogP contribution in [0.5, 0.6) is 0 Å². The molecule has 0 unspecified atom stereocenters. The van der Waals surface area contributed by atoms with Gasteiger partial charge in [-0.1, -0.05) is 30.7 Å². The Balaban J connectivity index is 1.70. The van der Waals surface area contributed by atoms with Crippen LogP contribution in [0.1, 0.15) is 50.7 Å². The van der Waals surface area contributed by atoms with Crippen molar-refractivity contribution < 1.29 is 4.79 Å². The molecule has 1 fully saturated rings. The van der Waals surface area contributed by atoms with Crippen LogP contribution in [0.15, 0.2) is 29.3 Å². The van der Waals surface area contributed by atoms with Crippen LogP contribution in [0.25, 0.3) is 0 Å². The highest BCUT2D eigenvalue weighted by molar-refractivity contribution is 5.81. The number of nitrogens with one attached hydrogen (secondary N) is 3. The van der Waals surface area contributed by atoms with Crippen molar-refractivity contribution in [3.05, 3.63) is 35.4 Å². The fraction of sp³-hybridized carbons (Fsp3) is 0.619. The average molecular weight is 374 g/mol. The number of guanidine groups is 1. The zero-order valence-corrected chi connectivity index (χ0v) is 17.1. The van der Waals surface area contributed by atoms with Crippen LogP contribution < -0.4 is 16.0 Å². The first-order chi connectivity index (χ1) is 13.1. The van der Waals surface area contributed by atoms with Crippen molar-refractivity contribution in [1.29, 1.82) is 0 Å². The standard InChI is InChI=1S/C21H35N5O/c1-17(2)25-20(27)11-12-23-21(22-3)24-15-18-7-9-19(10-8-18)16-26-13-5-4-6-14-26/h7-10,17H,4-6,11-16H2,1-3H3,(H,25,27)(H2,22,23,24). The zero-order chi connectivity index (χ0) is 19.5. The van der Waals surface area contributed by atoms with Gasteiger partial charge in [0.05, 0.1) is 0 Å². The molecule has 0 radical (unpaired) electrons. The summed E-state index contributed by atoms with van der Waals surface area (Å²) in [5, 5.41) is 9.36. The van der Waals surface area contributed by atoms with Crippen LogP contribution in [0.3, 0.4) is 0 Å². The molecule has 0 spiro atoms. The van der Waals surface area contributed by atoms with E-state index in [1.54, 1.807) is 7.05 Å². The SMILES string of the molecule is CN=C(NCCC(=O)NC(C)C)NCc1ccc(CN2CCCCC2)cc1. The summed E-state index contributed by atoms with van der Waals surface area (Å²) < 4.78 is 0. The number of rotatable bonds is 8. The fourth-order valence-corrected chi connectivity index (χ4v) is 3.23. The van der Waals surface area contributed by atoms with Crippen molar-refractivity contribution in [3.63, 3.8) is 0 Å². The Morgan fingerprint density at radius 1 is 1.07 bits per heavy atom. The molecule has 0 bridgehead atoms. The molecule has 0 aliphatic carbocycles. The quantitative estimate of drug-likeness (QED) is 0.483. The first-order valence-electron chi connectivity index (χ1n) is 10.1. The molecule has 1 aliphatic rings. The van der Waals surface area contributed by atoms with Gasteiger partial charge in [-0.2, -0.15) is 0 Å². The summed E-state index contributed by atoms with van der Waals surface area (Å²) in [6, 6.07) is 8.97. The van der Waals surface area contributed by atoms with E-state index in [2.05, 4.69) is 50.1 Å². The summed E-state index contributed by atoms with van der Waals surface area (Å²) in [7, 11) is 1.74. The monoisotopic (exact) mass is 373 g/mol. The summed E-state index contributed by atoms with van der Waals surface area (Å²) >= 11 is 0. The molecular formula is C21H35N5O. The van der Waals surface area contributed by atoms with E-state index < -0.39 is 0 Å². The lowest BCUT2D eigenvalue weighted by atomic mass is 10.1. The topological polar surface area (TPSA) is 68.8 Å². The molecule has 3 N–H and O–H groups in total. The summed E-state index contributed by atoms with van der Waals surface area (Å²) in [5.74, 6) is 0.766. The van der Waals surface area contributed by atoms with Gasteiger partial charge < -0.3 is 16.0 Å². The van der Waals surface area contributed by atoms with Crippen LogP contribution in [0.4, 0.5) is 0 Å². The maximum atomic E-state index is 11.7. The highest BCUT2D eigenvalue weighted by atomic mass is 16.1. The molecule has 6 heteroatoms. The Morgan fingerprint density at radius 2 is 1.74 bits per heavy atom. The number of carbonyl (C=O) groups excluding carboxylic acids is 1. The molecule has 2 rings (SSSR count). The number of amides is 1. The average Bonchev–Trinajstić information content (AvgIpc) is 2.66. The van der Waals surface area contributed by atoms with Crippen LogP contribution in [0, 0.1) is 0 Å². The summed E-state index contributed by atoms with van der Waals surface area (Å²) in [4.78, 5) is 18.4. The Kier molecular flexibility index (Phi) is 9.11. The summed E-state index contributed by atoms with van der Waals surface area (Å²) in [5.41, 5.74) is 2.59. The molecule has 150 valence electrons. The minimum atomic E-state index is 0.0530. The smallest absolute Gasteiger partial charge is 0.221 e. The van der Waals surface area contributed by atoms with E-state index >= 15 is 0 Å². The van der Waals surface area contributed by atoms with Gasteiger partial charge in [0.15, 0.2) is 5.96 Å². The number of hydrogen-bond donors (Lipinski definition) is 3. The largest absolute Gasteiger partial charge is 0.356 e. The Labute approximate surface area is 163 Å². The predicted octanol–water partition coefficient (Wildman–Crippen LogP) is 2.25. The maximum Gasteiger partial charge on any atom is 0.221 e. The number of aliphatic imine (C=N–C) groups is 1. The molecule has 1 aliphatic heterocycles. The molecule has 27 heavy (non-hydrogen) atoms. The molecule has 0 aromatic heterocycles. The summed E-state index contributed by atoms with van der Waals surface area (Å²) in [6.07, 6.45) is 4.46. The first-order valence-corrected chi connectivity index (χ1v) is 10.1. The van der Waals surface area contributed by atoms with Crippen molar-refractivity contribution >= 4 is 11.9 Å². The third-order valence-corrected chi connectivity index (χ3v) is 4.66. The highest BCUT2D eigenvalue weighted by Crippen LogP contribution is 2.13. The molecule has 0 atom stereocenters. The number of nitrogens with zero attached hydrogens (tertiary/aromatic N) is 2. The third-order valence-electron chi connectivity index (χ3n) is 4.66. The van der Waals surface area contributed by atoms with E-state index in [4.69, 9.17) is 0 Å². The van der Waals surface area contributed by atoms with E-state index in [0.717, 1.165) is 6.54 Å². The first kappa shape index (κ1) is 21.2. The summed E-state index contributed by atoms with van der Waals surface area (Å²) in [6.45, 7) is 8.69. The molecule has 1 saturated heterocycles. The van der Waals surface area contributed by atoms with Gasteiger partial charge in [0.1, 0.15) is 0 Å². The minimum Gasteiger partial charge on any atom is -0.356 e. The van der Waals surface area contributed by atoms with Gasteiger partial charge in [-0.3, -0.25) is 14.7 Å². The Morgan fingerprint density at radius 3 is 2.37 bits per heavy atom. The molecular weight excluding hydrogens is 338 g/mol. The van der Waals surface area contributed by atoms with Gasteiger partial charge in [0, 0.05) is 39.1 Å². The van der Waals surface area contributed by atoms with Crippen LogP contribution in [0.2, 0.25) is 0 Å². The number of hydrogen-bond acceptors (Lipinski definition) is 3. The normalized spacial score (nSPS) is 15.6. The molecule has 1 aromatic carbocycles. The minimum absolute atomic E-state index is 0.0530. The number of piperidine rings is 1.